The van der Waals surface area contributed by atoms with Gasteiger partial charge in [-0.15, -0.1) is 0 Å². The predicted molar refractivity (Wildman–Crippen MR) is 164 cm³/mol. The molecule has 44 heavy (non-hydrogen) atoms. The summed E-state index contributed by atoms with van der Waals surface area (Å²) in [6.45, 7) is 12.3. The van der Waals surface area contributed by atoms with Gasteiger partial charge in [-0.2, -0.15) is 5.10 Å². The van der Waals surface area contributed by atoms with Gasteiger partial charge >= 0.3 is 0 Å². The average Bonchev–Trinajstić information content (AvgIpc) is 3.30. The van der Waals surface area contributed by atoms with Crippen molar-refractivity contribution in [1.29, 1.82) is 0 Å². The fraction of sp³-hybridized carbons (Fsp3) is 0.606. The molecule has 2 aromatic rings. The highest BCUT2D eigenvalue weighted by Gasteiger charge is 2.62. The lowest BCUT2D eigenvalue weighted by Crippen LogP contribution is -2.65. The van der Waals surface area contributed by atoms with Gasteiger partial charge in [0.15, 0.2) is 0 Å². The number of hydrogen-bond donors (Lipinski definition) is 2. The summed E-state index contributed by atoms with van der Waals surface area (Å²) in [5, 5.41) is 9.98. The zero-order valence-electron chi connectivity index (χ0n) is 26.7. The molecule has 0 radical (unpaired) electrons. The van der Waals surface area contributed by atoms with E-state index in [2.05, 4.69) is 29.6 Å². The van der Waals surface area contributed by atoms with Crippen molar-refractivity contribution in [3.05, 3.63) is 53.9 Å². The molecule has 3 heterocycles. The highest BCUT2D eigenvalue weighted by molar-refractivity contribution is 5.95. The highest BCUT2D eigenvalue weighted by atomic mass is 16.5. The van der Waals surface area contributed by atoms with Crippen molar-refractivity contribution < 1.29 is 23.9 Å². The fourth-order valence-electron chi connectivity index (χ4n) is 6.54. The molecule has 1 spiro atoms. The first kappa shape index (κ1) is 31.7. The van der Waals surface area contributed by atoms with Crippen LogP contribution in [0, 0.1) is 28.6 Å². The molecule has 4 amide bonds. The molecule has 1 aliphatic carbocycles. The molecule has 5 rings (SSSR count). The monoisotopic (exact) mass is 606 g/mol. The Hall–Kier alpha value is -3.73. The Morgan fingerprint density at radius 1 is 1.02 bits per heavy atom. The van der Waals surface area contributed by atoms with Crippen LogP contribution in [0.1, 0.15) is 57.0 Å². The van der Waals surface area contributed by atoms with Crippen LogP contribution in [0.3, 0.4) is 0 Å². The Balaban J connectivity index is 1.33. The van der Waals surface area contributed by atoms with E-state index >= 15 is 0 Å². The summed E-state index contributed by atoms with van der Waals surface area (Å²) in [7, 11) is 1.53. The van der Waals surface area contributed by atoms with Crippen LogP contribution in [0.4, 0.5) is 0 Å². The lowest BCUT2D eigenvalue weighted by molar-refractivity contribution is -0.152. The third kappa shape index (κ3) is 6.52. The van der Waals surface area contributed by atoms with Gasteiger partial charge in [0.2, 0.25) is 17.7 Å². The standard InChI is InChI=1S/C33H46N6O5/c1-21(2)17-44-22(3)27(29(41)34-6)36-28(40)26-16-37(18-33(26)19-38(20-33)31(43)25-12-32(25,4)5)30(42)24-13-35-39(15-24)14-23-10-8-7-9-11-23/h7-11,13,15,21-22,25-27H,12,14,16-20H2,1-6H3,(H,34,41)(H,36,40)/t22-,25-,26-,27+/m1/s1. The second kappa shape index (κ2) is 12.3. The van der Waals surface area contributed by atoms with Gasteiger partial charge in [0, 0.05) is 57.4 Å². The molecule has 0 bridgehead atoms. The highest BCUT2D eigenvalue weighted by Crippen LogP contribution is 2.54. The van der Waals surface area contributed by atoms with Crippen LogP contribution < -0.4 is 10.6 Å². The maximum Gasteiger partial charge on any atom is 0.257 e. The first-order valence-electron chi connectivity index (χ1n) is 15.6. The first-order valence-corrected chi connectivity index (χ1v) is 15.6. The molecule has 11 heteroatoms. The molecule has 0 unspecified atom stereocenters. The van der Waals surface area contributed by atoms with E-state index in [9.17, 15) is 19.2 Å². The molecule has 4 atom stereocenters. The van der Waals surface area contributed by atoms with Crippen molar-refractivity contribution in [1.82, 2.24) is 30.2 Å². The van der Waals surface area contributed by atoms with Crippen LogP contribution in [-0.4, -0.2) is 95.2 Å². The molecule has 3 aliphatic rings. The number of aromatic nitrogens is 2. The van der Waals surface area contributed by atoms with Crippen molar-refractivity contribution in [2.75, 3.05) is 39.8 Å². The SMILES string of the molecule is CNC(=O)[C@@H](NC(=O)[C@H]1CN(C(=O)c2cnn(Cc3ccccc3)c2)CC12CN(C(=O)[C@H]1CC1(C)C)C2)[C@@H](C)OCC(C)C. The molecule has 1 aromatic carbocycles. The lowest BCUT2D eigenvalue weighted by Gasteiger charge is -2.50. The van der Waals surface area contributed by atoms with Gasteiger partial charge in [-0.3, -0.25) is 23.9 Å². The number of ether oxygens (including phenoxy) is 1. The number of nitrogens with zero attached hydrogens (tertiary/aromatic N) is 4. The summed E-state index contributed by atoms with van der Waals surface area (Å²) in [6, 6.07) is 8.99. The third-order valence-electron chi connectivity index (χ3n) is 9.44. The molecule has 2 saturated heterocycles. The molecular weight excluding hydrogens is 560 g/mol. The van der Waals surface area contributed by atoms with E-state index in [0.29, 0.717) is 38.3 Å². The van der Waals surface area contributed by atoms with Crippen LogP contribution in [0.2, 0.25) is 0 Å². The van der Waals surface area contributed by atoms with Crippen LogP contribution >= 0.6 is 0 Å². The Labute approximate surface area is 259 Å². The number of likely N-dealkylation sites (tertiary alicyclic amines) is 2. The van der Waals surface area contributed by atoms with Crippen LogP contribution in [0.5, 0.6) is 0 Å². The number of carbonyl (C=O) groups is 4. The summed E-state index contributed by atoms with van der Waals surface area (Å²) in [5.41, 5.74) is 0.926. The predicted octanol–water partition coefficient (Wildman–Crippen LogP) is 2.17. The van der Waals surface area contributed by atoms with Gasteiger partial charge < -0.3 is 25.2 Å². The number of carbonyl (C=O) groups excluding carboxylic acids is 4. The Kier molecular flexibility index (Phi) is 8.89. The molecule has 238 valence electrons. The van der Waals surface area contributed by atoms with Gasteiger partial charge in [-0.25, -0.2) is 0 Å². The quantitative estimate of drug-likeness (QED) is 0.404. The van der Waals surface area contributed by atoms with E-state index < -0.39 is 23.5 Å². The van der Waals surface area contributed by atoms with Crippen molar-refractivity contribution in [3.63, 3.8) is 0 Å². The minimum absolute atomic E-state index is 0.00105. The maximum atomic E-state index is 14.0. The molecular formula is C33H46N6O5. The summed E-state index contributed by atoms with van der Waals surface area (Å²) < 4.78 is 7.63. The third-order valence-corrected chi connectivity index (χ3v) is 9.44. The second-order valence-corrected chi connectivity index (χ2v) is 14.0. The van der Waals surface area contributed by atoms with Crippen molar-refractivity contribution in [2.24, 2.45) is 28.6 Å². The topological polar surface area (TPSA) is 126 Å². The van der Waals surface area contributed by atoms with Crippen molar-refractivity contribution >= 4 is 23.6 Å². The summed E-state index contributed by atoms with van der Waals surface area (Å²) in [6.07, 6.45) is 3.60. The molecule has 1 saturated carbocycles. The van der Waals surface area contributed by atoms with Gasteiger partial charge in [-0.1, -0.05) is 58.0 Å². The fourth-order valence-corrected chi connectivity index (χ4v) is 6.54. The van der Waals surface area contributed by atoms with E-state index in [1.54, 1.807) is 28.9 Å². The smallest absolute Gasteiger partial charge is 0.257 e. The zero-order chi connectivity index (χ0) is 31.8. The Morgan fingerprint density at radius 2 is 1.68 bits per heavy atom. The minimum atomic E-state index is -0.894. The van der Waals surface area contributed by atoms with Crippen molar-refractivity contribution in [2.45, 2.75) is 59.7 Å². The zero-order valence-corrected chi connectivity index (χ0v) is 26.7. The van der Waals surface area contributed by atoms with Gasteiger partial charge in [0.1, 0.15) is 6.04 Å². The van der Waals surface area contributed by atoms with Crippen LogP contribution in [-0.2, 0) is 25.7 Å². The number of hydrogen-bond acceptors (Lipinski definition) is 6. The number of nitrogens with one attached hydrogen (secondary N) is 2. The van der Waals surface area contributed by atoms with E-state index in [4.69, 9.17) is 4.74 Å². The lowest BCUT2D eigenvalue weighted by atomic mass is 9.70. The van der Waals surface area contributed by atoms with Gasteiger partial charge in [-0.05, 0) is 30.2 Å². The molecule has 2 aliphatic heterocycles. The van der Waals surface area contributed by atoms with Gasteiger partial charge in [0.05, 0.1) is 30.3 Å². The summed E-state index contributed by atoms with van der Waals surface area (Å²) >= 11 is 0. The Morgan fingerprint density at radius 3 is 2.30 bits per heavy atom. The van der Waals surface area contributed by atoms with Gasteiger partial charge in [0.25, 0.3) is 5.91 Å². The maximum absolute atomic E-state index is 14.0. The molecule has 3 fully saturated rings. The largest absolute Gasteiger partial charge is 0.376 e. The van der Waals surface area contributed by atoms with Crippen LogP contribution in [0.25, 0.3) is 0 Å². The van der Waals surface area contributed by atoms with Crippen molar-refractivity contribution in [3.8, 4) is 0 Å². The Bertz CT molecular complexity index is 1380. The van der Waals surface area contributed by atoms with E-state index in [1.807, 2.05) is 49.1 Å². The second-order valence-electron chi connectivity index (χ2n) is 14.0. The number of likely N-dealkylation sites (N-methyl/N-ethyl adjacent to an activating group) is 1. The minimum Gasteiger partial charge on any atom is -0.376 e. The van der Waals surface area contributed by atoms with E-state index in [1.165, 1.54) is 7.05 Å². The summed E-state index contributed by atoms with van der Waals surface area (Å²) in [5.74, 6) is -1.07. The van der Waals surface area contributed by atoms with Crippen LogP contribution in [0.15, 0.2) is 42.7 Å². The molecule has 2 N–H and O–H groups in total. The summed E-state index contributed by atoms with van der Waals surface area (Å²) in [4.78, 5) is 57.3. The number of benzene rings is 1. The average molecular weight is 607 g/mol. The van der Waals surface area contributed by atoms with E-state index in [-0.39, 0.29) is 47.4 Å². The normalized spacial score (nSPS) is 22.8. The first-order chi connectivity index (χ1) is 20.8. The number of rotatable bonds is 11. The molecule has 11 nitrogen and oxygen atoms in total. The van der Waals surface area contributed by atoms with E-state index in [0.717, 1.165) is 12.0 Å². The molecule has 1 aromatic heterocycles. The number of amides is 4.